The summed E-state index contributed by atoms with van der Waals surface area (Å²) in [6.45, 7) is 1.45. The maximum Gasteiger partial charge on any atom is 0.426 e. The molecule has 3 nitrogen and oxygen atoms in total. The van der Waals surface area contributed by atoms with Crippen LogP contribution in [0.1, 0.15) is 33.1 Å². The van der Waals surface area contributed by atoms with Crippen molar-refractivity contribution < 1.29 is 67.3 Å². The molecule has 2 aliphatic rings. The molecule has 2 bridgehead atoms. The predicted molar refractivity (Wildman–Crippen MR) is 91.0 cm³/mol. The molecule has 1 N–H and O–H groups in total. The monoisotopic (exact) mass is 528 g/mol. The summed E-state index contributed by atoms with van der Waals surface area (Å²) in [6.07, 6.45) is -29.0. The van der Waals surface area contributed by atoms with Crippen molar-refractivity contribution in [2.75, 3.05) is 13.9 Å². The van der Waals surface area contributed by atoms with Crippen LogP contribution in [0, 0.1) is 35.5 Å². The van der Waals surface area contributed by atoms with Gasteiger partial charge in [0.2, 0.25) is 0 Å². The minimum absolute atomic E-state index is 0.167. The number of halogens is 12. The van der Waals surface area contributed by atoms with Gasteiger partial charge >= 0.3 is 24.7 Å². The molecule has 0 saturated heterocycles. The average molecular weight is 528 g/mol. The molecule has 0 aromatic heterocycles. The molecule has 2 rings (SSSR count). The minimum atomic E-state index is -6.26. The Bertz CT molecular complexity index is 683. The summed E-state index contributed by atoms with van der Waals surface area (Å²) in [5.74, 6) is -7.07. The Hall–Kier alpha value is -0.960. The first-order valence-electron chi connectivity index (χ1n) is 10.2. The Morgan fingerprint density at radius 3 is 1.38 bits per heavy atom. The van der Waals surface area contributed by atoms with Gasteiger partial charge in [0, 0.05) is 7.11 Å². The highest BCUT2D eigenvalue weighted by Crippen LogP contribution is 2.65. The van der Waals surface area contributed by atoms with Crippen molar-refractivity contribution in [3.05, 3.63) is 0 Å². The Morgan fingerprint density at radius 2 is 1.06 bits per heavy atom. The number of fused-ring (bicyclic) bond motifs is 2. The molecule has 6 unspecified atom stereocenters. The van der Waals surface area contributed by atoms with Gasteiger partial charge in [-0.2, -0.15) is 52.7 Å². The van der Waals surface area contributed by atoms with Gasteiger partial charge in [0.1, 0.15) is 6.79 Å². The molecule has 2 aliphatic carbocycles. The molecule has 2 saturated carbocycles. The van der Waals surface area contributed by atoms with Gasteiger partial charge in [-0.3, -0.25) is 0 Å². The van der Waals surface area contributed by atoms with Crippen LogP contribution in [0.5, 0.6) is 0 Å². The molecule has 2 fully saturated rings. The highest BCUT2D eigenvalue weighted by molar-refractivity contribution is 5.10. The first-order chi connectivity index (χ1) is 15.1. The van der Waals surface area contributed by atoms with Gasteiger partial charge in [0.15, 0.2) is 0 Å². The van der Waals surface area contributed by atoms with E-state index in [1.54, 1.807) is 0 Å². The second-order valence-corrected chi connectivity index (χ2v) is 9.25. The second kappa shape index (κ2) is 8.86. The lowest BCUT2D eigenvalue weighted by Crippen LogP contribution is -2.62. The summed E-state index contributed by atoms with van der Waals surface area (Å²) in [5.41, 5.74) is -10.2. The van der Waals surface area contributed by atoms with Crippen molar-refractivity contribution in [2.45, 2.75) is 69.0 Å². The van der Waals surface area contributed by atoms with Crippen molar-refractivity contribution in [3.63, 3.8) is 0 Å². The summed E-state index contributed by atoms with van der Waals surface area (Å²) in [5, 5.41) is 9.66. The summed E-state index contributed by atoms with van der Waals surface area (Å²) >= 11 is 0. The Kier molecular flexibility index (Phi) is 7.62. The number of aliphatic hydroxyl groups is 1. The van der Waals surface area contributed by atoms with E-state index in [9.17, 15) is 57.8 Å². The molecule has 0 radical (unpaired) electrons. The predicted octanol–water partition coefficient (Wildman–Crippen LogP) is 6.26. The van der Waals surface area contributed by atoms with Crippen molar-refractivity contribution in [1.82, 2.24) is 0 Å². The van der Waals surface area contributed by atoms with Gasteiger partial charge in [0.05, 0.1) is 0 Å². The van der Waals surface area contributed by atoms with E-state index in [0.717, 1.165) is 7.11 Å². The van der Waals surface area contributed by atoms with Crippen molar-refractivity contribution >= 4 is 0 Å². The van der Waals surface area contributed by atoms with E-state index in [0.29, 0.717) is 0 Å². The third-order valence-electron chi connectivity index (χ3n) is 7.71. The molecule has 202 valence electrons. The summed E-state index contributed by atoms with van der Waals surface area (Å²) < 4.78 is 171. The molecular weight excluding hydrogens is 504 g/mol. The molecule has 6 atom stereocenters. The smallest absolute Gasteiger partial charge is 0.374 e. The van der Waals surface area contributed by atoms with E-state index in [1.165, 1.54) is 13.8 Å². The Labute approximate surface area is 186 Å². The van der Waals surface area contributed by atoms with E-state index in [2.05, 4.69) is 9.47 Å². The fraction of sp³-hybridized carbons (Fsp3) is 1.00. The van der Waals surface area contributed by atoms with Crippen LogP contribution in [0.3, 0.4) is 0 Å². The number of hydrogen-bond acceptors (Lipinski definition) is 3. The molecule has 0 spiro atoms. The van der Waals surface area contributed by atoms with Crippen LogP contribution in [0.25, 0.3) is 0 Å². The lowest BCUT2D eigenvalue weighted by Gasteiger charge is -2.46. The van der Waals surface area contributed by atoms with Crippen LogP contribution in [-0.4, -0.2) is 54.9 Å². The van der Waals surface area contributed by atoms with Crippen LogP contribution < -0.4 is 0 Å². The van der Waals surface area contributed by atoms with Gasteiger partial charge in [-0.05, 0) is 54.8 Å². The fourth-order valence-corrected chi connectivity index (χ4v) is 5.73. The second-order valence-electron chi connectivity index (χ2n) is 9.25. The summed E-state index contributed by atoms with van der Waals surface area (Å²) in [4.78, 5) is 0. The van der Waals surface area contributed by atoms with Crippen LogP contribution in [0.2, 0.25) is 0 Å². The van der Waals surface area contributed by atoms with Gasteiger partial charge in [-0.1, -0.05) is 13.8 Å². The minimum Gasteiger partial charge on any atom is -0.374 e. The van der Waals surface area contributed by atoms with Crippen molar-refractivity contribution in [3.8, 4) is 0 Å². The van der Waals surface area contributed by atoms with Crippen LogP contribution in [0.4, 0.5) is 52.7 Å². The SMILES string of the molecule is COCOC(CC1C2CC(C(C)C2C)C1CC(O)(C(F)(F)F)C(F)(F)F)(C(F)(F)F)C(F)(F)F. The maximum atomic E-state index is 13.8. The Balaban J connectivity index is 2.60. The van der Waals surface area contributed by atoms with Crippen LogP contribution >= 0.6 is 0 Å². The van der Waals surface area contributed by atoms with E-state index in [1.807, 2.05) is 0 Å². The van der Waals surface area contributed by atoms with E-state index in [-0.39, 0.29) is 6.42 Å². The molecule has 0 heterocycles. The van der Waals surface area contributed by atoms with Crippen molar-refractivity contribution in [1.29, 1.82) is 0 Å². The molecule has 15 heteroatoms. The molecule has 0 aliphatic heterocycles. The summed E-state index contributed by atoms with van der Waals surface area (Å²) in [7, 11) is 0.744. The van der Waals surface area contributed by atoms with E-state index in [4.69, 9.17) is 0 Å². The quantitative estimate of drug-likeness (QED) is 0.313. The number of rotatable bonds is 7. The van der Waals surface area contributed by atoms with Crippen molar-refractivity contribution in [2.24, 2.45) is 35.5 Å². The molecule has 0 amide bonds. The molecule has 0 aromatic rings. The zero-order valence-corrected chi connectivity index (χ0v) is 18.1. The maximum absolute atomic E-state index is 13.8. The zero-order chi connectivity index (χ0) is 26.7. The summed E-state index contributed by atoms with van der Waals surface area (Å²) in [6, 6.07) is 0. The first-order valence-corrected chi connectivity index (χ1v) is 10.2. The number of hydrogen-bond donors (Lipinski definition) is 1. The molecular formula is C19H24F12O3. The molecule has 34 heavy (non-hydrogen) atoms. The lowest BCUT2D eigenvalue weighted by molar-refractivity contribution is -0.399. The third-order valence-corrected chi connectivity index (χ3v) is 7.71. The zero-order valence-electron chi connectivity index (χ0n) is 18.1. The van der Waals surface area contributed by atoms with Gasteiger partial charge in [-0.15, -0.1) is 0 Å². The topological polar surface area (TPSA) is 38.7 Å². The van der Waals surface area contributed by atoms with Crippen LogP contribution in [-0.2, 0) is 9.47 Å². The van der Waals surface area contributed by atoms with E-state index < -0.39 is 91.0 Å². The average Bonchev–Trinajstić information content (AvgIpc) is 3.11. The first kappa shape index (κ1) is 29.3. The highest BCUT2D eigenvalue weighted by atomic mass is 19.4. The fourth-order valence-electron chi connectivity index (χ4n) is 5.73. The number of alkyl halides is 12. The van der Waals surface area contributed by atoms with Crippen LogP contribution in [0.15, 0.2) is 0 Å². The normalized spacial score (nSPS) is 31.4. The largest absolute Gasteiger partial charge is 0.426 e. The van der Waals surface area contributed by atoms with Gasteiger partial charge in [-0.25, -0.2) is 0 Å². The Morgan fingerprint density at radius 1 is 0.676 bits per heavy atom. The number of ether oxygens (including phenoxy) is 2. The third kappa shape index (κ3) is 4.60. The van der Waals surface area contributed by atoms with Gasteiger partial charge in [0.25, 0.3) is 11.2 Å². The van der Waals surface area contributed by atoms with Gasteiger partial charge < -0.3 is 14.6 Å². The number of methoxy groups -OCH3 is 1. The highest BCUT2D eigenvalue weighted by Gasteiger charge is 2.76. The standard InChI is InChI=1S/C19H24F12O3/c1-8-9(2)11-4-10(8)12(5-14(32,16(20,21)22)17(23,24)25)13(11)6-15(18(26,27)28,19(29,30)31)34-7-33-3/h8-13,32H,4-7H2,1-3H3. The van der Waals surface area contributed by atoms with E-state index >= 15 is 0 Å². The molecule has 0 aromatic carbocycles. The lowest BCUT2D eigenvalue weighted by atomic mass is 9.63.